The summed E-state index contributed by atoms with van der Waals surface area (Å²) in [5, 5.41) is 3.37. The van der Waals surface area contributed by atoms with Crippen LogP contribution in [0.25, 0.3) is 0 Å². The van der Waals surface area contributed by atoms with Gasteiger partial charge in [-0.05, 0) is 37.8 Å². The minimum atomic E-state index is 0.723. The molecule has 0 amide bonds. The molecule has 1 aliphatic rings. The highest BCUT2D eigenvalue weighted by atomic mass is 14.9. The zero-order chi connectivity index (χ0) is 10.1. The van der Waals surface area contributed by atoms with Crippen LogP contribution in [-0.2, 0) is 0 Å². The highest BCUT2D eigenvalue weighted by Gasteiger charge is 2.37. The van der Waals surface area contributed by atoms with Crippen LogP contribution in [-0.4, -0.2) is 13.1 Å². The first-order valence-corrected chi connectivity index (χ1v) is 5.46. The van der Waals surface area contributed by atoms with Crippen molar-refractivity contribution in [1.82, 2.24) is 5.32 Å². The van der Waals surface area contributed by atoms with E-state index in [4.69, 9.17) is 0 Å². The molecule has 1 N–H and O–H groups in total. The van der Waals surface area contributed by atoms with E-state index in [1.54, 1.807) is 0 Å². The number of nitrogens with one attached hydrogen (secondary N) is 1. The summed E-state index contributed by atoms with van der Waals surface area (Å²) in [5.41, 5.74) is 2.90. The quantitative estimate of drug-likeness (QED) is 0.754. The Kier molecular flexibility index (Phi) is 2.60. The largest absolute Gasteiger partial charge is 0.317 e. The molecule has 3 unspecified atom stereocenters. The first kappa shape index (κ1) is 9.72. The highest BCUT2D eigenvalue weighted by Crippen LogP contribution is 2.42. The van der Waals surface area contributed by atoms with Crippen LogP contribution in [0, 0.1) is 12.8 Å². The van der Waals surface area contributed by atoms with Crippen LogP contribution in [0.1, 0.15) is 30.4 Å². The molecule has 1 nitrogen and oxygen atoms in total. The fraction of sp³-hybridized carbons (Fsp3) is 0.538. The molecule has 1 aromatic carbocycles. The average molecular weight is 189 g/mol. The smallest absolute Gasteiger partial charge is 0.0101 e. The standard InChI is InChI=1S/C13H19N/c1-9-5-4-6-11(7-9)12-8-13(14-3)10(12)2/h4-7,10,12-14H,8H2,1-3H3. The van der Waals surface area contributed by atoms with Crippen molar-refractivity contribution in [2.75, 3.05) is 7.05 Å². The summed E-state index contributed by atoms with van der Waals surface area (Å²) in [6, 6.07) is 9.65. The molecule has 0 aliphatic heterocycles. The molecule has 1 aromatic rings. The fourth-order valence-corrected chi connectivity index (χ4v) is 2.51. The van der Waals surface area contributed by atoms with Crippen molar-refractivity contribution in [3.8, 4) is 0 Å². The normalized spacial score (nSPS) is 31.2. The van der Waals surface area contributed by atoms with Gasteiger partial charge in [-0.3, -0.25) is 0 Å². The third kappa shape index (κ3) is 1.57. The first-order valence-electron chi connectivity index (χ1n) is 5.46. The van der Waals surface area contributed by atoms with Crippen LogP contribution < -0.4 is 5.32 Å². The maximum atomic E-state index is 3.37. The van der Waals surface area contributed by atoms with E-state index in [1.807, 2.05) is 0 Å². The van der Waals surface area contributed by atoms with Crippen molar-refractivity contribution >= 4 is 0 Å². The van der Waals surface area contributed by atoms with Crippen LogP contribution in [0.2, 0.25) is 0 Å². The lowest BCUT2D eigenvalue weighted by atomic mass is 9.67. The number of aryl methyl sites for hydroxylation is 1. The highest BCUT2D eigenvalue weighted by molar-refractivity contribution is 5.28. The van der Waals surface area contributed by atoms with Gasteiger partial charge in [0.1, 0.15) is 0 Å². The van der Waals surface area contributed by atoms with E-state index in [-0.39, 0.29) is 0 Å². The van der Waals surface area contributed by atoms with Gasteiger partial charge in [0.2, 0.25) is 0 Å². The molecule has 0 saturated heterocycles. The number of rotatable bonds is 2. The van der Waals surface area contributed by atoms with Crippen molar-refractivity contribution in [2.45, 2.75) is 32.2 Å². The average Bonchev–Trinajstić information content (AvgIpc) is 2.16. The van der Waals surface area contributed by atoms with E-state index in [2.05, 4.69) is 50.5 Å². The lowest BCUT2D eigenvalue weighted by Gasteiger charge is -2.43. The molecular formula is C13H19N. The minimum Gasteiger partial charge on any atom is -0.317 e. The number of hydrogen-bond acceptors (Lipinski definition) is 1. The maximum Gasteiger partial charge on any atom is 0.0101 e. The van der Waals surface area contributed by atoms with E-state index >= 15 is 0 Å². The molecule has 14 heavy (non-hydrogen) atoms. The Morgan fingerprint density at radius 2 is 2.14 bits per heavy atom. The van der Waals surface area contributed by atoms with Gasteiger partial charge in [0.25, 0.3) is 0 Å². The van der Waals surface area contributed by atoms with E-state index in [9.17, 15) is 0 Å². The minimum absolute atomic E-state index is 0.723. The first-order chi connectivity index (χ1) is 6.72. The molecule has 0 heterocycles. The topological polar surface area (TPSA) is 12.0 Å². The molecule has 1 saturated carbocycles. The summed E-state index contributed by atoms with van der Waals surface area (Å²) in [6.45, 7) is 4.51. The Hall–Kier alpha value is -0.820. The summed E-state index contributed by atoms with van der Waals surface area (Å²) >= 11 is 0. The Morgan fingerprint density at radius 3 is 2.71 bits per heavy atom. The van der Waals surface area contributed by atoms with Crippen molar-refractivity contribution in [3.63, 3.8) is 0 Å². The van der Waals surface area contributed by atoms with Crippen LogP contribution in [0.15, 0.2) is 24.3 Å². The van der Waals surface area contributed by atoms with E-state index in [1.165, 1.54) is 17.5 Å². The molecule has 1 fully saturated rings. The molecule has 0 bridgehead atoms. The Labute approximate surface area is 86.5 Å². The molecule has 1 heteroatoms. The van der Waals surface area contributed by atoms with Gasteiger partial charge in [-0.25, -0.2) is 0 Å². The van der Waals surface area contributed by atoms with Gasteiger partial charge in [0, 0.05) is 6.04 Å². The number of benzene rings is 1. The van der Waals surface area contributed by atoms with Gasteiger partial charge >= 0.3 is 0 Å². The molecular weight excluding hydrogens is 170 g/mol. The second-order valence-electron chi connectivity index (χ2n) is 4.51. The van der Waals surface area contributed by atoms with Crippen molar-refractivity contribution in [1.29, 1.82) is 0 Å². The van der Waals surface area contributed by atoms with Gasteiger partial charge in [-0.15, -0.1) is 0 Å². The molecule has 3 atom stereocenters. The van der Waals surface area contributed by atoms with Crippen molar-refractivity contribution in [2.24, 2.45) is 5.92 Å². The maximum absolute atomic E-state index is 3.37. The summed E-state index contributed by atoms with van der Waals surface area (Å²) < 4.78 is 0. The molecule has 2 rings (SSSR count). The second-order valence-corrected chi connectivity index (χ2v) is 4.51. The molecule has 76 valence electrons. The Balaban J connectivity index is 2.11. The van der Waals surface area contributed by atoms with E-state index in [0.29, 0.717) is 0 Å². The molecule has 1 aliphatic carbocycles. The predicted octanol–water partition coefficient (Wildman–Crippen LogP) is 2.71. The monoisotopic (exact) mass is 189 g/mol. The zero-order valence-electron chi connectivity index (χ0n) is 9.25. The fourth-order valence-electron chi connectivity index (χ4n) is 2.51. The van der Waals surface area contributed by atoms with Crippen molar-refractivity contribution in [3.05, 3.63) is 35.4 Å². The van der Waals surface area contributed by atoms with Gasteiger partial charge in [0.15, 0.2) is 0 Å². The van der Waals surface area contributed by atoms with E-state index < -0.39 is 0 Å². The Bertz CT molecular complexity index is 319. The van der Waals surface area contributed by atoms with Crippen LogP contribution in [0.5, 0.6) is 0 Å². The summed E-state index contributed by atoms with van der Waals surface area (Å²) in [7, 11) is 2.06. The van der Waals surface area contributed by atoms with Gasteiger partial charge in [-0.2, -0.15) is 0 Å². The van der Waals surface area contributed by atoms with Crippen molar-refractivity contribution < 1.29 is 0 Å². The number of hydrogen-bond donors (Lipinski definition) is 1. The lowest BCUT2D eigenvalue weighted by Crippen LogP contribution is -2.46. The molecule has 0 radical (unpaired) electrons. The lowest BCUT2D eigenvalue weighted by molar-refractivity contribution is 0.194. The summed E-state index contributed by atoms with van der Waals surface area (Å²) in [5.74, 6) is 1.55. The molecule has 0 aromatic heterocycles. The SMILES string of the molecule is CNC1CC(c2cccc(C)c2)C1C. The van der Waals surface area contributed by atoms with Crippen LogP contribution in [0.3, 0.4) is 0 Å². The predicted molar refractivity (Wildman–Crippen MR) is 60.5 cm³/mol. The molecule has 0 spiro atoms. The Morgan fingerprint density at radius 1 is 1.36 bits per heavy atom. The second kappa shape index (κ2) is 3.74. The van der Waals surface area contributed by atoms with Crippen LogP contribution in [0.4, 0.5) is 0 Å². The third-order valence-electron chi connectivity index (χ3n) is 3.62. The zero-order valence-corrected chi connectivity index (χ0v) is 9.25. The van der Waals surface area contributed by atoms with E-state index in [0.717, 1.165) is 17.9 Å². The third-order valence-corrected chi connectivity index (χ3v) is 3.62. The summed E-state index contributed by atoms with van der Waals surface area (Å²) in [4.78, 5) is 0. The summed E-state index contributed by atoms with van der Waals surface area (Å²) in [6.07, 6.45) is 1.29. The van der Waals surface area contributed by atoms with Gasteiger partial charge in [0.05, 0.1) is 0 Å². The van der Waals surface area contributed by atoms with Gasteiger partial charge < -0.3 is 5.32 Å². The van der Waals surface area contributed by atoms with Crippen LogP contribution >= 0.6 is 0 Å². The van der Waals surface area contributed by atoms with Gasteiger partial charge in [-0.1, -0.05) is 36.8 Å².